The van der Waals surface area contributed by atoms with Crippen molar-refractivity contribution < 1.29 is 24.5 Å². The Morgan fingerprint density at radius 2 is 1.57 bits per heavy atom. The van der Waals surface area contributed by atoms with Gasteiger partial charge in [0.2, 0.25) is 17.2 Å². The third-order valence-corrected chi connectivity index (χ3v) is 3.67. The minimum atomic E-state index is -2.39. The number of methoxy groups -OCH3 is 1. The molecule has 0 saturated heterocycles. The summed E-state index contributed by atoms with van der Waals surface area (Å²) in [7, 11) is 1.42. The van der Waals surface area contributed by atoms with Gasteiger partial charge in [0.25, 0.3) is 0 Å². The molecule has 5 heteroatoms. The number of aliphatic hydroxyl groups is 1. The van der Waals surface area contributed by atoms with Gasteiger partial charge in [-0.15, -0.1) is 0 Å². The Labute approximate surface area is 120 Å². The molecule has 0 aromatic heterocycles. The molecule has 0 atom stereocenters. The number of aromatic hydroxyl groups is 1. The van der Waals surface area contributed by atoms with Crippen molar-refractivity contribution in [3.63, 3.8) is 0 Å². The summed E-state index contributed by atoms with van der Waals surface area (Å²) in [5, 5.41) is 20.7. The molecule has 21 heavy (non-hydrogen) atoms. The molecule has 0 fully saturated rings. The van der Waals surface area contributed by atoms with E-state index in [1.807, 2.05) is 0 Å². The molecule has 2 aromatic rings. The van der Waals surface area contributed by atoms with Gasteiger partial charge in [0.1, 0.15) is 11.5 Å². The average molecular weight is 284 g/mol. The summed E-state index contributed by atoms with van der Waals surface area (Å²) in [6.07, 6.45) is 0. The van der Waals surface area contributed by atoms with Gasteiger partial charge in [-0.25, -0.2) is 0 Å². The first-order valence-electron chi connectivity index (χ1n) is 6.28. The maximum atomic E-state index is 12.4. The minimum absolute atomic E-state index is 0.144. The monoisotopic (exact) mass is 284 g/mol. The third kappa shape index (κ3) is 1.68. The molecule has 0 saturated carbocycles. The topological polar surface area (TPSA) is 83.8 Å². The van der Waals surface area contributed by atoms with E-state index in [9.17, 15) is 19.8 Å². The summed E-state index contributed by atoms with van der Waals surface area (Å²) >= 11 is 0. The third-order valence-electron chi connectivity index (χ3n) is 3.67. The molecule has 0 unspecified atom stereocenters. The number of phenols is 1. The van der Waals surface area contributed by atoms with Gasteiger partial charge in [0.05, 0.1) is 7.11 Å². The second kappa shape index (κ2) is 4.43. The average Bonchev–Trinajstić information content (AvgIpc) is 2.70. The van der Waals surface area contributed by atoms with Gasteiger partial charge < -0.3 is 14.9 Å². The van der Waals surface area contributed by atoms with Crippen molar-refractivity contribution in [2.24, 2.45) is 0 Å². The highest BCUT2D eigenvalue weighted by Crippen LogP contribution is 2.41. The molecule has 0 aliphatic heterocycles. The maximum Gasteiger partial charge on any atom is 0.220 e. The Morgan fingerprint density at radius 1 is 1.00 bits per heavy atom. The Bertz CT molecular complexity index is 728. The van der Waals surface area contributed by atoms with E-state index in [1.54, 1.807) is 12.1 Å². The van der Waals surface area contributed by atoms with E-state index in [0.29, 0.717) is 5.75 Å². The molecule has 0 bridgehead atoms. The quantitative estimate of drug-likeness (QED) is 0.819. The molecule has 3 rings (SSSR count). The molecular formula is C16H12O5. The number of Topliss-reactive ketones (excluding diaryl/α,β-unsaturated/α-hetero) is 2. The van der Waals surface area contributed by atoms with Crippen LogP contribution in [0.3, 0.4) is 0 Å². The molecule has 1 aliphatic rings. The van der Waals surface area contributed by atoms with Crippen LogP contribution < -0.4 is 4.74 Å². The number of carbonyl (C=O) groups is 2. The van der Waals surface area contributed by atoms with Gasteiger partial charge in [-0.2, -0.15) is 0 Å². The number of benzene rings is 2. The number of rotatable bonds is 2. The number of hydrogen-bond donors (Lipinski definition) is 2. The van der Waals surface area contributed by atoms with Crippen LogP contribution in [0.5, 0.6) is 11.5 Å². The number of carbonyl (C=O) groups excluding carboxylic acids is 2. The maximum absolute atomic E-state index is 12.4. The second-order valence-corrected chi connectivity index (χ2v) is 4.80. The van der Waals surface area contributed by atoms with Crippen molar-refractivity contribution in [1.29, 1.82) is 0 Å². The van der Waals surface area contributed by atoms with Crippen LogP contribution in [0.25, 0.3) is 0 Å². The summed E-state index contributed by atoms with van der Waals surface area (Å²) in [5.74, 6) is -1.48. The van der Waals surface area contributed by atoms with Crippen molar-refractivity contribution in [2.45, 2.75) is 5.60 Å². The van der Waals surface area contributed by atoms with E-state index in [2.05, 4.69) is 0 Å². The first kappa shape index (κ1) is 13.3. The molecule has 2 N–H and O–H groups in total. The first-order chi connectivity index (χ1) is 10.00. The highest BCUT2D eigenvalue weighted by atomic mass is 16.5. The zero-order valence-corrected chi connectivity index (χ0v) is 11.2. The normalized spacial score (nSPS) is 15.9. The Morgan fingerprint density at radius 3 is 2.05 bits per heavy atom. The van der Waals surface area contributed by atoms with E-state index in [-0.39, 0.29) is 22.4 Å². The lowest BCUT2D eigenvalue weighted by molar-refractivity contribution is 0.0312. The van der Waals surface area contributed by atoms with Crippen LogP contribution in [0, 0.1) is 0 Å². The summed E-state index contributed by atoms with van der Waals surface area (Å²) in [4.78, 5) is 24.8. The van der Waals surface area contributed by atoms with E-state index in [0.717, 1.165) is 0 Å². The Hall–Kier alpha value is -2.66. The van der Waals surface area contributed by atoms with Crippen LogP contribution in [0.2, 0.25) is 0 Å². The van der Waals surface area contributed by atoms with E-state index in [1.165, 1.54) is 37.4 Å². The van der Waals surface area contributed by atoms with Crippen LogP contribution in [-0.4, -0.2) is 28.9 Å². The van der Waals surface area contributed by atoms with Gasteiger partial charge in [-0.05, 0) is 12.1 Å². The number of ether oxygens (including phenoxy) is 1. The number of fused-ring (bicyclic) bond motifs is 1. The molecule has 0 spiro atoms. The van der Waals surface area contributed by atoms with Crippen molar-refractivity contribution >= 4 is 11.6 Å². The standard InChI is InChI=1S/C16H12O5/c1-21-9-6-7-12(13(17)8-9)16(20)14(18)10-4-2-3-5-11(10)15(16)19/h2-8,17,20H,1H3. The fraction of sp³-hybridized carbons (Fsp3) is 0.125. The lowest BCUT2D eigenvalue weighted by Crippen LogP contribution is -2.38. The second-order valence-electron chi connectivity index (χ2n) is 4.80. The van der Waals surface area contributed by atoms with Gasteiger partial charge in [-0.1, -0.05) is 24.3 Å². The molecule has 1 aliphatic carbocycles. The lowest BCUT2D eigenvalue weighted by Gasteiger charge is -2.20. The Balaban J connectivity index is 2.19. The lowest BCUT2D eigenvalue weighted by atomic mass is 9.88. The highest BCUT2D eigenvalue weighted by molar-refractivity contribution is 6.32. The number of ketones is 2. The zero-order valence-electron chi connectivity index (χ0n) is 11.2. The summed E-state index contributed by atoms with van der Waals surface area (Å²) in [5.41, 5.74) is -2.23. The highest BCUT2D eigenvalue weighted by Gasteiger charge is 2.54. The molecule has 0 radical (unpaired) electrons. The van der Waals surface area contributed by atoms with Crippen LogP contribution >= 0.6 is 0 Å². The van der Waals surface area contributed by atoms with Gasteiger partial charge in [0, 0.05) is 22.8 Å². The Kier molecular flexibility index (Phi) is 2.81. The van der Waals surface area contributed by atoms with Crippen LogP contribution in [0.4, 0.5) is 0 Å². The van der Waals surface area contributed by atoms with Gasteiger partial charge in [0.15, 0.2) is 0 Å². The largest absolute Gasteiger partial charge is 0.507 e. The molecular weight excluding hydrogens is 272 g/mol. The van der Waals surface area contributed by atoms with Gasteiger partial charge in [-0.3, -0.25) is 9.59 Å². The minimum Gasteiger partial charge on any atom is -0.507 e. The zero-order chi connectivity index (χ0) is 15.2. The van der Waals surface area contributed by atoms with Crippen molar-refractivity contribution in [2.75, 3.05) is 7.11 Å². The summed E-state index contributed by atoms with van der Waals surface area (Å²) in [6, 6.07) is 10.2. The van der Waals surface area contributed by atoms with Crippen molar-refractivity contribution in [1.82, 2.24) is 0 Å². The first-order valence-corrected chi connectivity index (χ1v) is 6.28. The number of phenolic OH excluding ortho intramolecular Hbond substituents is 1. The molecule has 106 valence electrons. The molecule has 5 nitrogen and oxygen atoms in total. The molecule has 2 aromatic carbocycles. The van der Waals surface area contributed by atoms with Crippen LogP contribution in [-0.2, 0) is 5.60 Å². The van der Waals surface area contributed by atoms with E-state index >= 15 is 0 Å². The smallest absolute Gasteiger partial charge is 0.220 e. The van der Waals surface area contributed by atoms with E-state index in [4.69, 9.17) is 4.74 Å². The predicted octanol–water partition coefficient (Wildman–Crippen LogP) is 1.67. The molecule has 0 amide bonds. The predicted molar refractivity (Wildman–Crippen MR) is 73.7 cm³/mol. The SMILES string of the molecule is COc1ccc(C2(O)C(=O)c3ccccc3C2=O)c(O)c1. The fourth-order valence-corrected chi connectivity index (χ4v) is 2.56. The fourth-order valence-electron chi connectivity index (χ4n) is 2.56. The van der Waals surface area contributed by atoms with Crippen molar-refractivity contribution in [3.05, 3.63) is 59.2 Å². The van der Waals surface area contributed by atoms with Crippen LogP contribution in [0.15, 0.2) is 42.5 Å². The van der Waals surface area contributed by atoms with Crippen LogP contribution in [0.1, 0.15) is 26.3 Å². The summed E-state index contributed by atoms with van der Waals surface area (Å²) < 4.78 is 4.95. The summed E-state index contributed by atoms with van der Waals surface area (Å²) in [6.45, 7) is 0. The number of hydrogen-bond acceptors (Lipinski definition) is 5. The molecule has 0 heterocycles. The van der Waals surface area contributed by atoms with Gasteiger partial charge >= 0.3 is 0 Å². The van der Waals surface area contributed by atoms with E-state index < -0.39 is 17.2 Å². The van der Waals surface area contributed by atoms with Crippen molar-refractivity contribution in [3.8, 4) is 11.5 Å².